The molecule has 0 spiro atoms. The molecule has 380 valence electrons. The highest BCUT2D eigenvalue weighted by atomic mass is 32.1. The monoisotopic (exact) mass is 1010 g/mol. The Labute approximate surface area is 417 Å². The lowest BCUT2D eigenvalue weighted by Crippen LogP contribution is -2.62. The summed E-state index contributed by atoms with van der Waals surface area (Å²) in [5.74, 6) is -6.15. The highest BCUT2D eigenvalue weighted by molar-refractivity contribution is 7.80. The quantitative estimate of drug-likeness (QED) is 0.0178. The molecule has 70 heavy (non-hydrogen) atoms. The minimum absolute atomic E-state index is 0.00804. The van der Waals surface area contributed by atoms with Gasteiger partial charge in [-0.25, -0.2) is 0 Å². The SMILES string of the molecule is C[C@@H](O)[C@H](NC(=O)[C@H](CCCCN)NC(=O)[C@@H](Cc1c[nH]c2ccccc12)NC(=O)[C@H](Cc1ccccc1)NC(=O)[C@H](CS)NC(=O)[C@H](N)Cc1ccccc1)C(=O)N[C@@H](CS)C(=O)N[C@H](O)[C@@H](C)O. The average molecular weight is 1010 g/mol. The number of nitrogens with one attached hydrogen (secondary N) is 8. The van der Waals surface area contributed by atoms with Crippen molar-refractivity contribution < 1.29 is 48.9 Å². The molecule has 0 aliphatic rings. The molecule has 1 aromatic heterocycles. The van der Waals surface area contributed by atoms with Gasteiger partial charge in [-0.05, 0) is 68.8 Å². The molecule has 0 saturated heterocycles. The van der Waals surface area contributed by atoms with E-state index in [1.54, 1.807) is 42.6 Å². The second-order valence-electron chi connectivity index (χ2n) is 16.9. The summed E-state index contributed by atoms with van der Waals surface area (Å²) < 4.78 is 0. The second-order valence-corrected chi connectivity index (χ2v) is 17.7. The fraction of sp³-hybridized carbons (Fsp3) is 0.438. The standard InChI is InChI=1S/C48H66N10O10S2/c1-27(59)40(48(68)56-39(26-70)47(67)58-41(61)28(2)60)57-43(63)35(19-11-12-20-49)52-45(65)37(23-31-24-51-34-18-10-9-17-32(31)34)54-44(64)36(22-30-15-7-4-8-16-30)53-46(66)38(25-69)55-42(62)33(50)21-29-13-5-3-6-14-29/h3-10,13-18,24,27-28,33,35-41,51,59-61,69-70H,11-12,19-23,25-26,49-50H2,1-2H3,(H,52,65)(H,53,66)(H,54,64)(H,55,62)(H,56,68)(H,57,63)(H,58,67)/t27-,28-,33-,35+,36+,37-,38+,39+,40+,41-/m1/s1. The molecule has 22 heteroatoms. The van der Waals surface area contributed by atoms with E-state index in [0.29, 0.717) is 24.0 Å². The van der Waals surface area contributed by atoms with Crippen molar-refractivity contribution in [2.45, 2.75) is 113 Å². The number of amides is 7. The maximum Gasteiger partial charge on any atom is 0.245 e. The number of H-pyrrole nitrogens is 1. The predicted octanol–water partition coefficient (Wildman–Crippen LogP) is -1.38. The molecule has 0 aliphatic carbocycles. The first-order valence-corrected chi connectivity index (χ1v) is 24.2. The van der Waals surface area contributed by atoms with Crippen LogP contribution in [0.15, 0.2) is 91.1 Å². The van der Waals surface area contributed by atoms with Crippen LogP contribution in [0.4, 0.5) is 0 Å². The zero-order valence-electron chi connectivity index (χ0n) is 39.0. The zero-order valence-corrected chi connectivity index (χ0v) is 40.8. The van der Waals surface area contributed by atoms with Gasteiger partial charge < -0.3 is 69.0 Å². The highest BCUT2D eigenvalue weighted by Gasteiger charge is 2.35. The number of aliphatic hydroxyl groups is 3. The smallest absolute Gasteiger partial charge is 0.245 e. The van der Waals surface area contributed by atoms with Crippen molar-refractivity contribution >= 4 is 77.5 Å². The molecule has 20 nitrogen and oxygen atoms in total. The highest BCUT2D eigenvalue weighted by Crippen LogP contribution is 2.20. The van der Waals surface area contributed by atoms with Crippen LogP contribution in [-0.2, 0) is 52.8 Å². The lowest BCUT2D eigenvalue weighted by atomic mass is 10.0. The van der Waals surface area contributed by atoms with E-state index in [0.717, 1.165) is 16.5 Å². The van der Waals surface area contributed by atoms with Crippen molar-refractivity contribution in [1.29, 1.82) is 0 Å². The maximum atomic E-state index is 14.6. The van der Waals surface area contributed by atoms with E-state index in [2.05, 4.69) is 67.5 Å². The van der Waals surface area contributed by atoms with Gasteiger partial charge in [-0.2, -0.15) is 25.3 Å². The van der Waals surface area contributed by atoms with Crippen LogP contribution in [0.2, 0.25) is 0 Å². The third kappa shape index (κ3) is 17.4. The van der Waals surface area contributed by atoms with Crippen molar-refractivity contribution in [3.8, 4) is 0 Å². The maximum absolute atomic E-state index is 14.6. The minimum atomic E-state index is -1.66. The molecule has 0 bridgehead atoms. The summed E-state index contributed by atoms with van der Waals surface area (Å²) in [6, 6.07) is 15.9. The van der Waals surface area contributed by atoms with Crippen LogP contribution < -0.4 is 48.7 Å². The topological polar surface area (TPSA) is 332 Å². The molecule has 1 heterocycles. The first-order chi connectivity index (χ1) is 33.4. The number of hydrogen-bond donors (Lipinski definition) is 15. The molecule has 0 radical (unpaired) electrons. The van der Waals surface area contributed by atoms with Crippen LogP contribution in [0.3, 0.4) is 0 Å². The van der Waals surface area contributed by atoms with E-state index in [1.165, 1.54) is 13.8 Å². The number of aliphatic hydroxyl groups excluding tert-OH is 3. The Morgan fingerprint density at radius 1 is 0.543 bits per heavy atom. The largest absolute Gasteiger partial charge is 0.391 e. The van der Waals surface area contributed by atoms with Crippen LogP contribution in [-0.4, -0.2) is 140 Å². The van der Waals surface area contributed by atoms with E-state index in [9.17, 15) is 48.9 Å². The van der Waals surface area contributed by atoms with Crippen molar-refractivity contribution in [2.75, 3.05) is 18.1 Å². The Balaban J connectivity index is 1.61. The van der Waals surface area contributed by atoms with Gasteiger partial charge in [0.25, 0.3) is 0 Å². The summed E-state index contributed by atoms with van der Waals surface area (Å²) >= 11 is 8.42. The van der Waals surface area contributed by atoms with E-state index < -0.39 is 102 Å². The molecule has 4 aromatic rings. The number of carbonyl (C=O) groups excluding carboxylic acids is 7. The summed E-state index contributed by atoms with van der Waals surface area (Å²) in [6.45, 7) is 2.71. The van der Waals surface area contributed by atoms with E-state index >= 15 is 0 Å². The minimum Gasteiger partial charge on any atom is -0.391 e. The summed E-state index contributed by atoms with van der Waals surface area (Å²) in [4.78, 5) is 99.7. The Hall–Kier alpha value is -6.01. The number of rotatable bonds is 28. The molecule has 0 aliphatic heterocycles. The number of carbonyl (C=O) groups is 7. The van der Waals surface area contributed by atoms with Crippen molar-refractivity contribution in [3.63, 3.8) is 0 Å². The van der Waals surface area contributed by atoms with Crippen LogP contribution in [0.25, 0.3) is 10.9 Å². The molecule has 0 saturated carbocycles. The van der Waals surface area contributed by atoms with Gasteiger partial charge in [-0.1, -0.05) is 78.9 Å². The molecule has 0 unspecified atom stereocenters. The fourth-order valence-electron chi connectivity index (χ4n) is 7.28. The van der Waals surface area contributed by atoms with Crippen LogP contribution in [0, 0.1) is 0 Å². The molecule has 7 amide bonds. The Morgan fingerprint density at radius 3 is 1.57 bits per heavy atom. The molecule has 4 rings (SSSR count). The zero-order chi connectivity index (χ0) is 51.3. The van der Waals surface area contributed by atoms with Gasteiger partial charge in [0.05, 0.1) is 18.2 Å². The predicted molar refractivity (Wildman–Crippen MR) is 270 cm³/mol. The van der Waals surface area contributed by atoms with Crippen LogP contribution in [0.5, 0.6) is 0 Å². The van der Waals surface area contributed by atoms with Gasteiger partial charge in [-0.3, -0.25) is 33.6 Å². The van der Waals surface area contributed by atoms with Crippen LogP contribution >= 0.6 is 25.3 Å². The number of benzene rings is 3. The van der Waals surface area contributed by atoms with E-state index in [4.69, 9.17) is 11.5 Å². The third-order valence-corrected chi connectivity index (χ3v) is 12.0. The van der Waals surface area contributed by atoms with E-state index in [-0.39, 0.29) is 43.7 Å². The summed E-state index contributed by atoms with van der Waals surface area (Å²) in [7, 11) is 0. The molecule has 10 atom stereocenters. The van der Waals surface area contributed by atoms with Gasteiger partial charge in [0.1, 0.15) is 36.3 Å². The lowest BCUT2D eigenvalue weighted by molar-refractivity contribution is -0.137. The van der Waals surface area contributed by atoms with Gasteiger partial charge in [0.15, 0.2) is 6.23 Å². The molecular formula is C48H66N10O10S2. The molecular weight excluding hydrogens is 941 g/mol. The number of aromatic nitrogens is 1. The number of aromatic amines is 1. The Morgan fingerprint density at radius 2 is 1.01 bits per heavy atom. The Kier molecular flexibility index (Phi) is 23.1. The fourth-order valence-corrected chi connectivity index (χ4v) is 7.80. The summed E-state index contributed by atoms with van der Waals surface area (Å²) in [5.41, 5.74) is 14.8. The first kappa shape index (κ1) is 56.6. The number of thiol groups is 2. The third-order valence-electron chi connectivity index (χ3n) is 11.3. The number of unbranched alkanes of at least 4 members (excludes halogenated alkanes) is 1. The normalized spacial score (nSPS) is 15.6. The number of hydrogen-bond acceptors (Lipinski definition) is 14. The van der Waals surface area contributed by atoms with Crippen molar-refractivity contribution in [1.82, 2.24) is 42.2 Å². The van der Waals surface area contributed by atoms with Crippen LogP contribution in [0.1, 0.15) is 49.8 Å². The van der Waals surface area contributed by atoms with Gasteiger partial charge >= 0.3 is 0 Å². The number of para-hydroxylation sites is 1. The molecule has 0 fully saturated rings. The van der Waals surface area contributed by atoms with Crippen molar-refractivity contribution in [2.24, 2.45) is 11.5 Å². The number of fused-ring (bicyclic) bond motifs is 1. The van der Waals surface area contributed by atoms with Gasteiger partial charge in [-0.15, -0.1) is 0 Å². The van der Waals surface area contributed by atoms with Gasteiger partial charge in [0.2, 0.25) is 41.4 Å². The summed E-state index contributed by atoms with van der Waals surface area (Å²) in [6.07, 6.45) is -1.99. The second kappa shape index (κ2) is 28.6. The van der Waals surface area contributed by atoms with E-state index in [1.807, 2.05) is 48.5 Å². The average Bonchev–Trinajstić information content (AvgIpc) is 3.75. The first-order valence-electron chi connectivity index (χ1n) is 22.9. The molecule has 3 aromatic carbocycles. The Bertz CT molecular complexity index is 2340. The molecule has 15 N–H and O–H groups in total. The van der Waals surface area contributed by atoms with Gasteiger partial charge in [0, 0.05) is 41.4 Å². The summed E-state index contributed by atoms with van der Waals surface area (Å²) in [5, 5.41) is 48.8. The lowest BCUT2D eigenvalue weighted by Gasteiger charge is -2.28. The van der Waals surface area contributed by atoms with Crippen molar-refractivity contribution in [3.05, 3.63) is 108 Å². The number of nitrogens with two attached hydrogens (primary N) is 2.